The van der Waals surface area contributed by atoms with Crippen LogP contribution >= 0.6 is 11.6 Å². The lowest BCUT2D eigenvalue weighted by atomic mass is 10.1. The van der Waals surface area contributed by atoms with Gasteiger partial charge >= 0.3 is 0 Å². The van der Waals surface area contributed by atoms with Crippen LogP contribution in [0.3, 0.4) is 0 Å². The van der Waals surface area contributed by atoms with E-state index in [-0.39, 0.29) is 5.38 Å². The van der Waals surface area contributed by atoms with Gasteiger partial charge in [-0.1, -0.05) is 37.3 Å². The van der Waals surface area contributed by atoms with Crippen LogP contribution < -0.4 is 0 Å². The van der Waals surface area contributed by atoms with E-state index in [0.29, 0.717) is 0 Å². The number of halogens is 1. The minimum absolute atomic E-state index is 0.227. The van der Waals surface area contributed by atoms with Gasteiger partial charge in [0.1, 0.15) is 0 Å². The van der Waals surface area contributed by atoms with Crippen molar-refractivity contribution in [2.24, 2.45) is 0 Å². The first-order chi connectivity index (χ1) is 5.83. The van der Waals surface area contributed by atoms with E-state index in [1.807, 2.05) is 6.07 Å². The molecule has 0 aliphatic rings. The molecule has 1 radical (unpaired) electrons. The van der Waals surface area contributed by atoms with Crippen molar-refractivity contribution in [3.8, 4) is 0 Å². The summed E-state index contributed by atoms with van der Waals surface area (Å²) in [4.78, 5) is 0. The minimum Gasteiger partial charge on any atom is -0.123 e. The molecule has 0 N–H and O–H groups in total. The van der Waals surface area contributed by atoms with E-state index in [1.165, 1.54) is 5.56 Å². The average Bonchev–Trinajstić information content (AvgIpc) is 2.16. The fourth-order valence-electron chi connectivity index (χ4n) is 1.11. The third-order valence-corrected chi connectivity index (χ3v) is 2.34. The zero-order chi connectivity index (χ0) is 8.81. The average molecular weight is 182 g/mol. The van der Waals surface area contributed by atoms with Crippen LogP contribution in [0.25, 0.3) is 0 Å². The van der Waals surface area contributed by atoms with Crippen molar-refractivity contribution in [1.82, 2.24) is 0 Å². The predicted octanol–water partition coefficient (Wildman–Crippen LogP) is 3.45. The van der Waals surface area contributed by atoms with Crippen molar-refractivity contribution < 1.29 is 0 Å². The summed E-state index contributed by atoms with van der Waals surface area (Å²) in [5, 5.41) is 0.227. The Morgan fingerprint density at radius 1 is 1.25 bits per heavy atom. The van der Waals surface area contributed by atoms with Crippen LogP contribution in [0.4, 0.5) is 0 Å². The van der Waals surface area contributed by atoms with Crippen molar-refractivity contribution in [3.05, 3.63) is 42.8 Å². The lowest BCUT2D eigenvalue weighted by Gasteiger charge is -2.05. The molecule has 0 amide bonds. The topological polar surface area (TPSA) is 0 Å². The molecule has 0 nitrogen and oxygen atoms in total. The molecule has 1 unspecified atom stereocenters. The van der Waals surface area contributed by atoms with Gasteiger partial charge in [0.15, 0.2) is 0 Å². The molecule has 1 atom stereocenters. The lowest BCUT2D eigenvalue weighted by molar-refractivity contribution is 0.755. The Bertz CT molecular complexity index is 206. The van der Waals surface area contributed by atoms with Gasteiger partial charge in [-0.25, -0.2) is 0 Å². The molecule has 65 valence electrons. The number of aryl methyl sites for hydroxylation is 1. The zero-order valence-electron chi connectivity index (χ0n) is 7.17. The van der Waals surface area contributed by atoms with E-state index in [1.54, 1.807) is 0 Å². The fraction of sp³-hybridized carbons (Fsp3) is 0.364. The maximum absolute atomic E-state index is 5.95. The van der Waals surface area contributed by atoms with Gasteiger partial charge in [-0.3, -0.25) is 0 Å². The largest absolute Gasteiger partial charge is 0.123 e. The molecule has 0 heterocycles. The fourth-order valence-corrected chi connectivity index (χ4v) is 1.22. The molecule has 0 saturated carbocycles. The van der Waals surface area contributed by atoms with Gasteiger partial charge in [0, 0.05) is 5.38 Å². The van der Waals surface area contributed by atoms with E-state index in [0.717, 1.165) is 19.3 Å². The SMILES string of the molecule is [CH2]CC(Cl)CCc1ccccc1. The third-order valence-electron chi connectivity index (χ3n) is 1.90. The molecule has 0 spiro atoms. The Morgan fingerprint density at radius 2 is 1.92 bits per heavy atom. The van der Waals surface area contributed by atoms with E-state index >= 15 is 0 Å². The summed E-state index contributed by atoms with van der Waals surface area (Å²) in [5.41, 5.74) is 1.36. The van der Waals surface area contributed by atoms with Crippen molar-refractivity contribution in [1.29, 1.82) is 0 Å². The molecule has 0 bridgehead atoms. The van der Waals surface area contributed by atoms with Crippen LogP contribution in [0.5, 0.6) is 0 Å². The predicted molar refractivity (Wildman–Crippen MR) is 54.4 cm³/mol. The first-order valence-electron chi connectivity index (χ1n) is 4.30. The molecule has 0 saturated heterocycles. The monoisotopic (exact) mass is 181 g/mol. The van der Waals surface area contributed by atoms with Crippen molar-refractivity contribution >= 4 is 11.6 Å². The van der Waals surface area contributed by atoms with Gasteiger partial charge < -0.3 is 0 Å². The highest BCUT2D eigenvalue weighted by Crippen LogP contribution is 2.11. The summed E-state index contributed by atoms with van der Waals surface area (Å²) in [6, 6.07) is 10.4. The number of rotatable bonds is 4. The molecule has 0 fully saturated rings. The van der Waals surface area contributed by atoms with Crippen LogP contribution in [-0.2, 0) is 6.42 Å². The number of benzene rings is 1. The van der Waals surface area contributed by atoms with Crippen molar-refractivity contribution in [2.75, 3.05) is 0 Å². The molecule has 1 aromatic rings. The van der Waals surface area contributed by atoms with Gasteiger partial charge in [-0.05, 0) is 24.8 Å². The van der Waals surface area contributed by atoms with Crippen LogP contribution in [-0.4, -0.2) is 5.38 Å². The van der Waals surface area contributed by atoms with Gasteiger partial charge in [0.05, 0.1) is 0 Å². The van der Waals surface area contributed by atoms with E-state index in [2.05, 4.69) is 31.2 Å². The van der Waals surface area contributed by atoms with Crippen molar-refractivity contribution in [2.45, 2.75) is 24.6 Å². The molecular weight excluding hydrogens is 168 g/mol. The first kappa shape index (κ1) is 9.60. The summed E-state index contributed by atoms with van der Waals surface area (Å²) >= 11 is 5.95. The number of hydrogen-bond donors (Lipinski definition) is 0. The minimum atomic E-state index is 0.227. The standard InChI is InChI=1S/C11H14Cl/c1-2-11(12)9-8-10-6-4-3-5-7-10/h3-7,11H,1-2,8-9H2. The van der Waals surface area contributed by atoms with Gasteiger partial charge in [0.25, 0.3) is 0 Å². The summed E-state index contributed by atoms with van der Waals surface area (Å²) in [5.74, 6) is 0. The molecule has 0 aliphatic carbocycles. The van der Waals surface area contributed by atoms with E-state index in [4.69, 9.17) is 11.6 Å². The highest BCUT2D eigenvalue weighted by atomic mass is 35.5. The molecule has 1 rings (SSSR count). The highest BCUT2D eigenvalue weighted by molar-refractivity contribution is 6.20. The Hall–Kier alpha value is -0.490. The summed E-state index contributed by atoms with van der Waals surface area (Å²) < 4.78 is 0. The zero-order valence-corrected chi connectivity index (χ0v) is 7.93. The quantitative estimate of drug-likeness (QED) is 0.625. The Labute approximate surface area is 79.6 Å². The number of hydrogen-bond acceptors (Lipinski definition) is 0. The van der Waals surface area contributed by atoms with Crippen LogP contribution in [0, 0.1) is 6.92 Å². The molecule has 1 aromatic carbocycles. The normalized spacial score (nSPS) is 12.8. The summed E-state index contributed by atoms with van der Waals surface area (Å²) in [6.45, 7) is 3.77. The van der Waals surface area contributed by atoms with Crippen LogP contribution in [0.2, 0.25) is 0 Å². The van der Waals surface area contributed by atoms with Gasteiger partial charge in [-0.2, -0.15) is 0 Å². The molecule has 0 aromatic heterocycles. The smallest absolute Gasteiger partial charge is 0.0339 e. The lowest BCUT2D eigenvalue weighted by Crippen LogP contribution is -1.98. The second-order valence-corrected chi connectivity index (χ2v) is 3.53. The van der Waals surface area contributed by atoms with Crippen LogP contribution in [0.1, 0.15) is 18.4 Å². The van der Waals surface area contributed by atoms with E-state index in [9.17, 15) is 0 Å². The van der Waals surface area contributed by atoms with Crippen LogP contribution in [0.15, 0.2) is 30.3 Å². The highest BCUT2D eigenvalue weighted by Gasteiger charge is 2.00. The molecule has 12 heavy (non-hydrogen) atoms. The second kappa shape index (κ2) is 5.21. The number of alkyl halides is 1. The molecule has 1 heteroatoms. The maximum atomic E-state index is 5.95. The summed E-state index contributed by atoms with van der Waals surface area (Å²) in [6.07, 6.45) is 2.90. The Balaban J connectivity index is 2.33. The maximum Gasteiger partial charge on any atom is 0.0339 e. The van der Waals surface area contributed by atoms with E-state index < -0.39 is 0 Å². The Kier molecular flexibility index (Phi) is 4.16. The van der Waals surface area contributed by atoms with Gasteiger partial charge in [-0.15, -0.1) is 11.6 Å². The van der Waals surface area contributed by atoms with Crippen molar-refractivity contribution in [3.63, 3.8) is 0 Å². The molecule has 0 aliphatic heterocycles. The molecular formula is C11H14Cl. The first-order valence-corrected chi connectivity index (χ1v) is 4.74. The summed E-state index contributed by atoms with van der Waals surface area (Å²) in [7, 11) is 0. The Morgan fingerprint density at radius 3 is 2.50 bits per heavy atom. The second-order valence-electron chi connectivity index (χ2n) is 2.91. The van der Waals surface area contributed by atoms with Gasteiger partial charge in [0.2, 0.25) is 0 Å². The third kappa shape index (κ3) is 3.27.